The number of carbonyl (C=O) groups is 2. The molecule has 8 nitrogen and oxygen atoms in total. The fraction of sp³-hybridized carbons (Fsp3) is 0.931. The molecule has 0 spiro atoms. The molecule has 5 atom stereocenters. The topological polar surface area (TPSA) is 103 Å². The maximum atomic E-state index is 12.1. The van der Waals surface area contributed by atoms with E-state index in [-0.39, 0.29) is 12.7 Å². The van der Waals surface area contributed by atoms with E-state index in [0.717, 1.165) is 38.4 Å². The van der Waals surface area contributed by atoms with E-state index in [9.17, 15) is 14.1 Å². The van der Waals surface area contributed by atoms with Crippen molar-refractivity contribution in [3.63, 3.8) is 0 Å². The fourth-order valence-corrected chi connectivity index (χ4v) is 4.42. The Hall–Kier alpha value is -1.07. The van der Waals surface area contributed by atoms with Gasteiger partial charge in [0.2, 0.25) is 0 Å². The Morgan fingerprint density at radius 3 is 1.97 bits per heavy atom. The smallest absolute Gasteiger partial charge is 0.303 e. The highest BCUT2D eigenvalue weighted by molar-refractivity contribution is 6.11. The molecule has 1 fully saturated rings. The number of hydrogen-bond donors (Lipinski definition) is 2. The third-order valence-corrected chi connectivity index (χ3v) is 6.82. The number of unbranched alkanes of at least 4 members (excludes halogenated alkanes) is 12. The summed E-state index contributed by atoms with van der Waals surface area (Å²) in [5.41, 5.74) is 0. The molecule has 0 aromatic rings. The standard InChI is InChI=1S/C16H30O3.C13H25BFNO4/c17-15-13-11-9-7-5-3-1-2-4-6-8-10-12-14-16(18)19;1-8(2)19-11-10(7-18-15)20-13(14)12(11)17-6-5-9(3)16-4/h15H,1-14H2,(H,18,19);8-13,16H,5-7H2,1-4H3. The molecule has 1 saturated heterocycles. The zero-order valence-corrected chi connectivity index (χ0v) is 24.9. The molecular weight excluding hydrogens is 504 g/mol. The average molecular weight is 560 g/mol. The first kappa shape index (κ1) is 37.9. The van der Waals surface area contributed by atoms with Crippen molar-refractivity contribution in [2.24, 2.45) is 0 Å². The monoisotopic (exact) mass is 559 g/mol. The van der Waals surface area contributed by atoms with Crippen molar-refractivity contribution < 1.29 is 38.4 Å². The highest BCUT2D eigenvalue weighted by Crippen LogP contribution is 2.27. The Kier molecular flexibility index (Phi) is 25.2. The van der Waals surface area contributed by atoms with Crippen LogP contribution in [0.2, 0.25) is 0 Å². The summed E-state index contributed by atoms with van der Waals surface area (Å²) < 4.78 is 29.1. The lowest BCUT2D eigenvalue weighted by Gasteiger charge is -2.26. The average Bonchev–Trinajstić information content (AvgIpc) is 3.17. The van der Waals surface area contributed by atoms with E-state index < -0.39 is 30.3 Å². The summed E-state index contributed by atoms with van der Waals surface area (Å²) >= 11 is 0. The summed E-state index contributed by atoms with van der Waals surface area (Å²) in [5.74, 6) is -0.673. The van der Waals surface area contributed by atoms with Crippen molar-refractivity contribution in [3.8, 4) is 0 Å². The minimum atomic E-state index is -0.673. The highest BCUT2D eigenvalue weighted by Gasteiger charge is 2.44. The predicted molar refractivity (Wildman–Crippen MR) is 153 cm³/mol. The molecule has 5 unspecified atom stereocenters. The number of aldehydes is 1. The zero-order valence-electron chi connectivity index (χ0n) is 24.9. The minimum absolute atomic E-state index is 0.0293. The van der Waals surface area contributed by atoms with Crippen LogP contribution in [0.1, 0.15) is 117 Å². The summed E-state index contributed by atoms with van der Waals surface area (Å²) in [4.78, 5) is 24.1. The van der Waals surface area contributed by atoms with Gasteiger partial charge in [0.05, 0.1) is 6.10 Å². The predicted octanol–water partition coefficient (Wildman–Crippen LogP) is 5.69. The van der Waals surface area contributed by atoms with Crippen molar-refractivity contribution in [3.05, 3.63) is 0 Å². The van der Waals surface area contributed by atoms with Crippen LogP contribution in [0.4, 0.5) is 4.53 Å². The van der Waals surface area contributed by atoms with Gasteiger partial charge in [0.15, 0.2) is 0 Å². The van der Waals surface area contributed by atoms with E-state index in [1.54, 1.807) is 0 Å². The van der Waals surface area contributed by atoms with Crippen LogP contribution in [-0.4, -0.2) is 81.9 Å². The molecule has 2 N–H and O–H groups in total. The number of aliphatic carboxylic acids is 1. The number of carboxylic acids is 1. The molecule has 0 aliphatic carbocycles. The molecule has 39 heavy (non-hydrogen) atoms. The highest BCUT2D eigenvalue weighted by atomic mass is 19.3. The van der Waals surface area contributed by atoms with Crippen molar-refractivity contribution in [1.82, 2.24) is 5.32 Å². The normalized spacial score (nSPS) is 21.5. The van der Waals surface area contributed by atoms with E-state index in [2.05, 4.69) is 17.2 Å². The van der Waals surface area contributed by atoms with Gasteiger partial charge >= 0.3 is 5.97 Å². The number of hydrogen-bond acceptors (Lipinski definition) is 7. The SMILES string of the molecule is O=CCCCCCCCCCCCCCCC(=O)O.[B]C1OC(COF)C(OC(C)C)C1OCCC(C)NC. The quantitative estimate of drug-likeness (QED) is 0.0884. The molecule has 0 saturated carbocycles. The van der Waals surface area contributed by atoms with E-state index in [0.29, 0.717) is 19.1 Å². The number of ether oxygens (including phenoxy) is 3. The lowest BCUT2D eigenvalue weighted by molar-refractivity contribution is -0.178. The van der Waals surface area contributed by atoms with Crippen molar-refractivity contribution in [1.29, 1.82) is 0 Å². The first-order valence-corrected chi connectivity index (χ1v) is 15.0. The van der Waals surface area contributed by atoms with E-state index >= 15 is 0 Å². The van der Waals surface area contributed by atoms with Crippen LogP contribution in [0.3, 0.4) is 0 Å². The van der Waals surface area contributed by atoms with Gasteiger partial charge in [-0.3, -0.25) is 4.79 Å². The van der Waals surface area contributed by atoms with Crippen LogP contribution < -0.4 is 5.32 Å². The minimum Gasteiger partial charge on any atom is -0.481 e. The molecule has 0 aromatic heterocycles. The van der Waals surface area contributed by atoms with E-state index in [1.807, 2.05) is 20.9 Å². The van der Waals surface area contributed by atoms with Crippen LogP contribution in [0.15, 0.2) is 0 Å². The van der Waals surface area contributed by atoms with Gasteiger partial charge < -0.3 is 29.4 Å². The second-order valence-corrected chi connectivity index (χ2v) is 10.7. The van der Waals surface area contributed by atoms with Crippen LogP contribution in [0, 0.1) is 0 Å². The summed E-state index contributed by atoms with van der Waals surface area (Å²) in [6.07, 6.45) is 15.9. The summed E-state index contributed by atoms with van der Waals surface area (Å²) in [5, 5.41) is 11.6. The lowest BCUT2D eigenvalue weighted by atomic mass is 9.92. The van der Waals surface area contributed by atoms with Crippen LogP contribution in [0.25, 0.3) is 0 Å². The maximum Gasteiger partial charge on any atom is 0.303 e. The molecule has 1 aliphatic rings. The molecule has 1 heterocycles. The van der Waals surface area contributed by atoms with Gasteiger partial charge in [0.25, 0.3) is 0 Å². The fourth-order valence-electron chi connectivity index (χ4n) is 4.42. The molecule has 0 aromatic carbocycles. The number of nitrogens with one attached hydrogen (secondary N) is 1. The zero-order chi connectivity index (χ0) is 29.3. The molecular formula is C29H55BFNO7. The molecule has 10 heteroatoms. The Labute approximate surface area is 237 Å². The number of rotatable bonds is 24. The third-order valence-electron chi connectivity index (χ3n) is 6.82. The van der Waals surface area contributed by atoms with Crippen molar-refractivity contribution in [2.45, 2.75) is 154 Å². The Morgan fingerprint density at radius 2 is 1.51 bits per heavy atom. The van der Waals surface area contributed by atoms with Crippen molar-refractivity contribution in [2.75, 3.05) is 20.3 Å². The van der Waals surface area contributed by atoms with E-state index in [1.165, 1.54) is 57.8 Å². The van der Waals surface area contributed by atoms with Crippen LogP contribution in [-0.2, 0) is 28.7 Å². The summed E-state index contributed by atoms with van der Waals surface area (Å²) in [6.45, 7) is 6.19. The van der Waals surface area contributed by atoms with Gasteiger partial charge in [0, 0.05) is 31.5 Å². The van der Waals surface area contributed by atoms with Crippen LogP contribution in [0.5, 0.6) is 0 Å². The number of halogens is 1. The maximum absolute atomic E-state index is 12.1. The molecule has 0 bridgehead atoms. The molecule has 2 radical (unpaired) electrons. The molecule has 0 amide bonds. The second kappa shape index (κ2) is 25.9. The van der Waals surface area contributed by atoms with E-state index in [4.69, 9.17) is 27.2 Å². The number of carboxylic acid groups (broad SMARTS) is 1. The first-order chi connectivity index (χ1) is 18.8. The Bertz CT molecular complexity index is 588. The third kappa shape index (κ3) is 21.4. The number of carbonyl (C=O) groups excluding carboxylic acids is 1. The molecule has 228 valence electrons. The largest absolute Gasteiger partial charge is 0.481 e. The second-order valence-electron chi connectivity index (χ2n) is 10.7. The van der Waals surface area contributed by atoms with Gasteiger partial charge in [-0.25, -0.2) is 0 Å². The van der Waals surface area contributed by atoms with Gasteiger partial charge in [0.1, 0.15) is 39.1 Å². The van der Waals surface area contributed by atoms with Gasteiger partial charge in [-0.1, -0.05) is 64.2 Å². The Balaban J connectivity index is 0.000000742. The molecule has 1 rings (SSSR count). The Morgan fingerprint density at radius 1 is 0.974 bits per heavy atom. The van der Waals surface area contributed by atoms with Crippen molar-refractivity contribution >= 4 is 20.1 Å². The van der Waals surface area contributed by atoms with Gasteiger partial charge in [-0.15, -0.1) is 0 Å². The van der Waals surface area contributed by atoms with Gasteiger partial charge in [-0.05, 0) is 51.6 Å². The van der Waals surface area contributed by atoms with Crippen LogP contribution >= 0.6 is 0 Å². The first-order valence-electron chi connectivity index (χ1n) is 15.0. The molecule has 1 aliphatic heterocycles. The summed E-state index contributed by atoms with van der Waals surface area (Å²) in [6, 6.07) is -0.285. The van der Waals surface area contributed by atoms with Gasteiger partial charge in [-0.2, -0.15) is 4.94 Å². The summed E-state index contributed by atoms with van der Waals surface area (Å²) in [7, 11) is 7.79. The lowest BCUT2D eigenvalue weighted by Crippen LogP contribution is -2.41.